The van der Waals surface area contributed by atoms with Crippen molar-refractivity contribution in [2.45, 2.75) is 19.4 Å². The summed E-state index contributed by atoms with van der Waals surface area (Å²) in [5.41, 5.74) is 0. The van der Waals surface area contributed by atoms with Crippen LogP contribution in [0.15, 0.2) is 10.9 Å². The van der Waals surface area contributed by atoms with Crippen LogP contribution in [0.2, 0.25) is 0 Å². The summed E-state index contributed by atoms with van der Waals surface area (Å²) in [6, 6.07) is -0.0667. The minimum absolute atomic E-state index is 0.0667. The summed E-state index contributed by atoms with van der Waals surface area (Å²) in [7, 11) is -2.92. The fourth-order valence-electron chi connectivity index (χ4n) is 1.24. The SMILES string of the molecule is CC(CS(C)(=O)=O)NCCc1ncno1. The summed E-state index contributed by atoms with van der Waals surface area (Å²) >= 11 is 0. The smallest absolute Gasteiger partial charge is 0.227 e. The molecule has 0 radical (unpaired) electrons. The number of nitrogens with one attached hydrogen (secondary N) is 1. The van der Waals surface area contributed by atoms with Crippen molar-refractivity contribution < 1.29 is 12.9 Å². The van der Waals surface area contributed by atoms with Crippen LogP contribution in [-0.2, 0) is 16.3 Å². The van der Waals surface area contributed by atoms with Gasteiger partial charge in [0.2, 0.25) is 5.89 Å². The molecule has 1 atom stereocenters. The molecule has 1 aromatic heterocycles. The van der Waals surface area contributed by atoms with E-state index in [0.717, 1.165) is 0 Å². The van der Waals surface area contributed by atoms with Gasteiger partial charge in [0, 0.05) is 25.3 Å². The van der Waals surface area contributed by atoms with E-state index in [1.807, 2.05) is 6.92 Å². The van der Waals surface area contributed by atoms with E-state index in [2.05, 4.69) is 15.5 Å². The van der Waals surface area contributed by atoms with Gasteiger partial charge in [0.25, 0.3) is 0 Å². The maximum Gasteiger partial charge on any atom is 0.227 e. The maximum atomic E-state index is 11.0. The Balaban J connectivity index is 2.20. The van der Waals surface area contributed by atoms with E-state index in [4.69, 9.17) is 4.52 Å². The first-order chi connectivity index (χ1) is 6.97. The summed E-state index contributed by atoms with van der Waals surface area (Å²) in [6.07, 6.45) is 3.17. The van der Waals surface area contributed by atoms with E-state index in [-0.39, 0.29) is 11.8 Å². The first kappa shape index (κ1) is 12.1. The van der Waals surface area contributed by atoms with Gasteiger partial charge in [-0.05, 0) is 6.92 Å². The van der Waals surface area contributed by atoms with Crippen LogP contribution in [-0.4, -0.2) is 43.2 Å². The first-order valence-electron chi connectivity index (χ1n) is 4.64. The third kappa shape index (κ3) is 5.48. The van der Waals surface area contributed by atoms with Crippen molar-refractivity contribution in [1.82, 2.24) is 15.5 Å². The second kappa shape index (κ2) is 5.22. The highest BCUT2D eigenvalue weighted by molar-refractivity contribution is 7.90. The lowest BCUT2D eigenvalue weighted by Gasteiger charge is -2.11. The molecular formula is C8H15N3O3S. The molecule has 0 fully saturated rings. The van der Waals surface area contributed by atoms with Gasteiger partial charge in [-0.1, -0.05) is 5.16 Å². The Labute approximate surface area is 89.0 Å². The minimum atomic E-state index is -2.92. The van der Waals surface area contributed by atoms with Crippen LogP contribution in [0.5, 0.6) is 0 Å². The average Bonchev–Trinajstić information content (AvgIpc) is 2.53. The van der Waals surface area contributed by atoms with Crippen LogP contribution in [0.3, 0.4) is 0 Å². The number of aromatic nitrogens is 2. The fourth-order valence-corrected chi connectivity index (χ4v) is 2.27. The van der Waals surface area contributed by atoms with Crippen molar-refractivity contribution in [3.63, 3.8) is 0 Å². The van der Waals surface area contributed by atoms with Gasteiger partial charge in [-0.25, -0.2) is 8.42 Å². The Morgan fingerprint density at radius 1 is 1.60 bits per heavy atom. The molecule has 1 N–H and O–H groups in total. The Morgan fingerprint density at radius 3 is 2.87 bits per heavy atom. The van der Waals surface area contributed by atoms with Crippen LogP contribution >= 0.6 is 0 Å². The highest BCUT2D eigenvalue weighted by atomic mass is 32.2. The summed E-state index contributed by atoms with van der Waals surface area (Å²) in [4.78, 5) is 3.85. The highest BCUT2D eigenvalue weighted by Crippen LogP contribution is 1.93. The van der Waals surface area contributed by atoms with E-state index in [1.165, 1.54) is 12.6 Å². The van der Waals surface area contributed by atoms with E-state index in [0.29, 0.717) is 18.9 Å². The van der Waals surface area contributed by atoms with Crippen molar-refractivity contribution in [3.8, 4) is 0 Å². The van der Waals surface area contributed by atoms with E-state index >= 15 is 0 Å². The maximum absolute atomic E-state index is 11.0. The van der Waals surface area contributed by atoms with Crippen molar-refractivity contribution in [3.05, 3.63) is 12.2 Å². The lowest BCUT2D eigenvalue weighted by Crippen LogP contribution is -2.34. The van der Waals surface area contributed by atoms with Crippen LogP contribution in [0.25, 0.3) is 0 Å². The molecule has 0 aromatic carbocycles. The monoisotopic (exact) mass is 233 g/mol. The molecule has 0 aliphatic carbocycles. The second-order valence-electron chi connectivity index (χ2n) is 3.53. The number of rotatable bonds is 6. The van der Waals surface area contributed by atoms with E-state index in [9.17, 15) is 8.42 Å². The lowest BCUT2D eigenvalue weighted by atomic mass is 10.3. The molecule has 6 nitrogen and oxygen atoms in total. The molecule has 0 bridgehead atoms. The molecule has 86 valence electrons. The molecule has 1 heterocycles. The van der Waals surface area contributed by atoms with Crippen LogP contribution < -0.4 is 5.32 Å². The van der Waals surface area contributed by atoms with Gasteiger partial charge < -0.3 is 9.84 Å². The molecular weight excluding hydrogens is 218 g/mol. The molecule has 1 unspecified atom stereocenters. The van der Waals surface area contributed by atoms with Crippen molar-refractivity contribution >= 4 is 9.84 Å². The highest BCUT2D eigenvalue weighted by Gasteiger charge is 2.09. The largest absolute Gasteiger partial charge is 0.340 e. The summed E-state index contributed by atoms with van der Waals surface area (Å²) < 4.78 is 26.7. The topological polar surface area (TPSA) is 85.1 Å². The lowest BCUT2D eigenvalue weighted by molar-refractivity contribution is 0.373. The number of nitrogens with zero attached hydrogens (tertiary/aromatic N) is 2. The van der Waals surface area contributed by atoms with E-state index in [1.54, 1.807) is 0 Å². The van der Waals surface area contributed by atoms with Gasteiger partial charge in [0.05, 0.1) is 5.75 Å². The van der Waals surface area contributed by atoms with Gasteiger partial charge in [-0.15, -0.1) is 0 Å². The Morgan fingerprint density at radius 2 is 2.33 bits per heavy atom. The van der Waals surface area contributed by atoms with Gasteiger partial charge >= 0.3 is 0 Å². The molecule has 1 rings (SSSR count). The van der Waals surface area contributed by atoms with Gasteiger partial charge in [0.15, 0.2) is 6.33 Å². The standard InChI is InChI=1S/C8H15N3O3S/c1-7(5-15(2,12)13)9-4-3-8-10-6-11-14-8/h6-7,9H,3-5H2,1-2H3. The van der Waals surface area contributed by atoms with Crippen LogP contribution in [0.1, 0.15) is 12.8 Å². The predicted octanol–water partition coefficient (Wildman–Crippen LogP) is -0.365. The average molecular weight is 233 g/mol. The Hall–Kier alpha value is -0.950. The molecule has 0 aliphatic rings. The molecule has 0 saturated heterocycles. The van der Waals surface area contributed by atoms with Crippen molar-refractivity contribution in [1.29, 1.82) is 0 Å². The molecule has 15 heavy (non-hydrogen) atoms. The van der Waals surface area contributed by atoms with Crippen molar-refractivity contribution in [2.24, 2.45) is 0 Å². The molecule has 0 amide bonds. The zero-order valence-electron chi connectivity index (χ0n) is 8.80. The Bertz CT molecular complexity index is 374. The quantitative estimate of drug-likeness (QED) is 0.722. The van der Waals surface area contributed by atoms with Crippen LogP contribution in [0, 0.1) is 0 Å². The summed E-state index contributed by atoms with van der Waals surface area (Å²) in [5, 5.41) is 6.54. The van der Waals surface area contributed by atoms with E-state index < -0.39 is 9.84 Å². The van der Waals surface area contributed by atoms with Crippen LogP contribution in [0.4, 0.5) is 0 Å². The summed E-state index contributed by atoms with van der Waals surface area (Å²) in [6.45, 7) is 2.45. The zero-order chi connectivity index (χ0) is 11.3. The zero-order valence-corrected chi connectivity index (χ0v) is 9.62. The third-order valence-electron chi connectivity index (χ3n) is 1.79. The Kier molecular flexibility index (Phi) is 4.22. The molecule has 0 saturated carbocycles. The second-order valence-corrected chi connectivity index (χ2v) is 5.72. The number of sulfone groups is 1. The fraction of sp³-hybridized carbons (Fsp3) is 0.750. The van der Waals surface area contributed by atoms with Gasteiger partial charge in [0.1, 0.15) is 9.84 Å². The van der Waals surface area contributed by atoms with Gasteiger partial charge in [-0.2, -0.15) is 4.98 Å². The van der Waals surface area contributed by atoms with Crippen molar-refractivity contribution in [2.75, 3.05) is 18.6 Å². The molecule has 7 heteroatoms. The molecule has 0 aliphatic heterocycles. The number of hydrogen-bond acceptors (Lipinski definition) is 6. The predicted molar refractivity (Wildman–Crippen MR) is 55.2 cm³/mol. The molecule has 1 aromatic rings. The number of hydrogen-bond donors (Lipinski definition) is 1. The normalized spacial score (nSPS) is 14.0. The minimum Gasteiger partial charge on any atom is -0.340 e. The van der Waals surface area contributed by atoms with Gasteiger partial charge in [-0.3, -0.25) is 0 Å². The molecule has 0 spiro atoms. The third-order valence-corrected chi connectivity index (χ3v) is 2.90. The summed E-state index contributed by atoms with van der Waals surface area (Å²) in [5.74, 6) is 0.686. The first-order valence-corrected chi connectivity index (χ1v) is 6.70.